The van der Waals surface area contributed by atoms with Crippen molar-refractivity contribution in [3.63, 3.8) is 0 Å². The van der Waals surface area contributed by atoms with E-state index in [1.807, 2.05) is 30.3 Å². The second-order valence-electron chi connectivity index (χ2n) is 6.22. The molecule has 5 nitrogen and oxygen atoms in total. The first-order valence-electron chi connectivity index (χ1n) is 8.36. The van der Waals surface area contributed by atoms with E-state index in [1.54, 1.807) is 56.8 Å². The van der Waals surface area contributed by atoms with Gasteiger partial charge in [-0.05, 0) is 35.4 Å². The van der Waals surface area contributed by atoms with Crippen LogP contribution in [0.5, 0.6) is 0 Å². The summed E-state index contributed by atoms with van der Waals surface area (Å²) in [6.45, 7) is 0. The van der Waals surface area contributed by atoms with Crippen molar-refractivity contribution in [3.8, 4) is 0 Å². The smallest absolute Gasteiger partial charge is 0.274 e. The third kappa shape index (κ3) is 3.90. The monoisotopic (exact) mass is 380 g/mol. The minimum Gasteiger partial charge on any atom is -0.305 e. The Morgan fingerprint density at radius 1 is 0.741 bits per heavy atom. The molecule has 0 fully saturated rings. The number of hydrogen-bond donors (Lipinski definition) is 0. The van der Waals surface area contributed by atoms with E-state index in [1.165, 1.54) is 9.13 Å². The van der Waals surface area contributed by atoms with Gasteiger partial charge in [-0.1, -0.05) is 42.5 Å². The maximum atomic E-state index is 12.8. The Balaban J connectivity index is 2.22. The average Bonchev–Trinajstić information content (AvgIpc) is 2.68. The molecule has 0 spiro atoms. The molecule has 1 atom stereocenters. The molecule has 2 aromatic carbocycles. The lowest BCUT2D eigenvalue weighted by Gasteiger charge is -2.05. The van der Waals surface area contributed by atoms with Gasteiger partial charge < -0.3 is 9.13 Å². The maximum absolute atomic E-state index is 12.8. The minimum absolute atomic E-state index is 0.251. The molecule has 138 valence electrons. The van der Waals surface area contributed by atoms with Crippen molar-refractivity contribution in [2.45, 2.75) is 4.90 Å². The lowest BCUT2D eigenvalue weighted by molar-refractivity contribution is 0.687. The van der Waals surface area contributed by atoms with E-state index >= 15 is 0 Å². The van der Waals surface area contributed by atoms with Crippen LogP contribution < -0.4 is 21.8 Å². The molecule has 1 heterocycles. The Labute approximate surface area is 159 Å². The number of hydrogen-bond acceptors (Lipinski definition) is 3. The van der Waals surface area contributed by atoms with Gasteiger partial charge in [-0.25, -0.2) is 0 Å². The van der Waals surface area contributed by atoms with Gasteiger partial charge in [-0.15, -0.1) is 0 Å². The summed E-state index contributed by atoms with van der Waals surface area (Å²) in [6.07, 6.45) is 4.98. The Kier molecular flexibility index (Phi) is 5.37. The van der Waals surface area contributed by atoms with Crippen LogP contribution in [-0.4, -0.2) is 19.6 Å². The molecule has 6 heteroatoms. The molecule has 0 aliphatic carbocycles. The first-order valence-corrected chi connectivity index (χ1v) is 9.92. The molecule has 0 N–H and O–H groups in total. The van der Waals surface area contributed by atoms with Crippen LogP contribution in [0.2, 0.25) is 0 Å². The highest BCUT2D eigenvalue weighted by atomic mass is 32.2. The molecule has 0 amide bonds. The molecule has 0 aliphatic rings. The molecule has 0 saturated carbocycles. The van der Waals surface area contributed by atoms with E-state index in [0.29, 0.717) is 10.2 Å². The molecule has 1 aromatic heterocycles. The SMILES string of the molecule is Cn1c(=O)/c(=C/c2ccc(S(C)=O)cc2)n(C)c(=O)/c1=C/c1ccccc1. The van der Waals surface area contributed by atoms with E-state index in [9.17, 15) is 13.8 Å². The van der Waals surface area contributed by atoms with Crippen LogP contribution in [0.3, 0.4) is 0 Å². The summed E-state index contributed by atoms with van der Waals surface area (Å²) in [4.78, 5) is 26.4. The van der Waals surface area contributed by atoms with Crippen molar-refractivity contribution in [1.29, 1.82) is 0 Å². The van der Waals surface area contributed by atoms with Gasteiger partial charge in [-0.2, -0.15) is 0 Å². The fourth-order valence-electron chi connectivity index (χ4n) is 2.79. The van der Waals surface area contributed by atoms with Crippen LogP contribution in [0.25, 0.3) is 12.2 Å². The Morgan fingerprint density at radius 3 is 1.63 bits per heavy atom. The number of rotatable bonds is 3. The van der Waals surface area contributed by atoms with Crippen molar-refractivity contribution in [3.05, 3.63) is 97.1 Å². The number of aromatic nitrogens is 2. The highest BCUT2D eigenvalue weighted by Crippen LogP contribution is 2.07. The molecular formula is C21H20N2O3S. The highest BCUT2D eigenvalue weighted by Gasteiger charge is 2.06. The lowest BCUT2D eigenvalue weighted by Crippen LogP contribution is -2.56. The van der Waals surface area contributed by atoms with Gasteiger partial charge in [-0.3, -0.25) is 13.8 Å². The lowest BCUT2D eigenvalue weighted by atomic mass is 10.2. The molecule has 27 heavy (non-hydrogen) atoms. The average molecular weight is 380 g/mol. The van der Waals surface area contributed by atoms with Crippen molar-refractivity contribution in [2.75, 3.05) is 6.26 Å². The summed E-state index contributed by atoms with van der Waals surface area (Å²) in [5.74, 6) is 0. The fraction of sp³-hybridized carbons (Fsp3) is 0.143. The zero-order valence-electron chi connectivity index (χ0n) is 15.4. The Hall–Kier alpha value is -2.99. The van der Waals surface area contributed by atoms with Gasteiger partial charge >= 0.3 is 0 Å². The van der Waals surface area contributed by atoms with Crippen LogP contribution in [0.1, 0.15) is 11.1 Å². The van der Waals surface area contributed by atoms with Crippen molar-refractivity contribution in [2.24, 2.45) is 14.1 Å². The summed E-state index contributed by atoms with van der Waals surface area (Å²) < 4.78 is 14.2. The molecule has 0 saturated heterocycles. The summed E-state index contributed by atoms with van der Waals surface area (Å²) in [6, 6.07) is 16.5. The normalized spacial score (nSPS) is 13.7. The third-order valence-corrected chi connectivity index (χ3v) is 5.32. The van der Waals surface area contributed by atoms with Crippen LogP contribution in [0.4, 0.5) is 0 Å². The molecule has 1 unspecified atom stereocenters. The Morgan fingerprint density at radius 2 is 1.19 bits per heavy atom. The molecule has 0 bridgehead atoms. The van der Waals surface area contributed by atoms with Crippen molar-refractivity contribution in [1.82, 2.24) is 9.13 Å². The molecule has 0 radical (unpaired) electrons. The first-order chi connectivity index (χ1) is 12.9. The fourth-order valence-corrected chi connectivity index (χ4v) is 3.31. The van der Waals surface area contributed by atoms with E-state index in [4.69, 9.17) is 0 Å². The summed E-state index contributed by atoms with van der Waals surface area (Å²) in [5.41, 5.74) is 1.10. The predicted molar refractivity (Wildman–Crippen MR) is 109 cm³/mol. The quantitative estimate of drug-likeness (QED) is 0.664. The molecule has 3 rings (SSSR count). The summed E-state index contributed by atoms with van der Waals surface area (Å²) in [5, 5.41) is 0.612. The van der Waals surface area contributed by atoms with E-state index in [-0.39, 0.29) is 16.5 Å². The second-order valence-corrected chi connectivity index (χ2v) is 7.60. The van der Waals surface area contributed by atoms with Gasteiger partial charge in [0.25, 0.3) is 11.1 Å². The first kappa shape index (κ1) is 18.8. The molecular weight excluding hydrogens is 360 g/mol. The standard InChI is InChI=1S/C21H20N2O3S/c1-22-18(13-15-7-5-4-6-8-15)20(24)23(2)19(21(22)25)14-16-9-11-17(12-10-16)27(3)26/h4-14H,1-3H3/b18-13-,19-14-. The van der Waals surface area contributed by atoms with Gasteiger partial charge in [0.05, 0.1) is 0 Å². The van der Waals surface area contributed by atoms with E-state index in [0.717, 1.165) is 11.1 Å². The maximum Gasteiger partial charge on any atom is 0.274 e. The van der Waals surface area contributed by atoms with Crippen molar-refractivity contribution >= 4 is 23.0 Å². The van der Waals surface area contributed by atoms with E-state index < -0.39 is 10.8 Å². The Bertz CT molecular complexity index is 1240. The summed E-state index contributed by atoms with van der Waals surface area (Å²) in [7, 11) is 2.13. The third-order valence-electron chi connectivity index (χ3n) is 4.39. The van der Waals surface area contributed by atoms with Gasteiger partial charge in [0.1, 0.15) is 10.7 Å². The topological polar surface area (TPSA) is 61.1 Å². The minimum atomic E-state index is -1.06. The number of nitrogens with zero attached hydrogens (tertiary/aromatic N) is 2. The van der Waals surface area contributed by atoms with Crippen LogP contribution in [-0.2, 0) is 24.9 Å². The van der Waals surface area contributed by atoms with Gasteiger partial charge in [0.15, 0.2) is 0 Å². The van der Waals surface area contributed by atoms with Crippen molar-refractivity contribution < 1.29 is 4.21 Å². The largest absolute Gasteiger partial charge is 0.305 e. The summed E-state index contributed by atoms with van der Waals surface area (Å²) >= 11 is 0. The zero-order chi connectivity index (χ0) is 19.6. The second kappa shape index (κ2) is 7.72. The van der Waals surface area contributed by atoms with E-state index in [2.05, 4.69) is 0 Å². The number of benzene rings is 2. The highest BCUT2D eigenvalue weighted by molar-refractivity contribution is 7.84. The van der Waals surface area contributed by atoms with Crippen LogP contribution in [0.15, 0.2) is 69.1 Å². The predicted octanol–water partition coefficient (Wildman–Crippen LogP) is 0.479. The van der Waals surface area contributed by atoms with Crippen LogP contribution in [0, 0.1) is 0 Å². The molecule has 0 aliphatic heterocycles. The van der Waals surface area contributed by atoms with Crippen LogP contribution >= 0.6 is 0 Å². The van der Waals surface area contributed by atoms with Gasteiger partial charge in [0, 0.05) is 36.0 Å². The molecule has 3 aromatic rings. The van der Waals surface area contributed by atoms with Gasteiger partial charge in [0.2, 0.25) is 0 Å². The zero-order valence-corrected chi connectivity index (χ0v) is 16.2.